The Balaban J connectivity index is 1.66. The van der Waals surface area contributed by atoms with Crippen molar-refractivity contribution in [1.82, 2.24) is 20.0 Å². The van der Waals surface area contributed by atoms with Crippen LogP contribution in [0.5, 0.6) is 0 Å². The van der Waals surface area contributed by atoms with E-state index in [0.717, 1.165) is 43.0 Å². The molecule has 3 rings (SSSR count). The molecule has 1 amide bonds. The van der Waals surface area contributed by atoms with Crippen molar-refractivity contribution in [3.8, 4) is 0 Å². The van der Waals surface area contributed by atoms with Crippen molar-refractivity contribution < 1.29 is 13.9 Å². The van der Waals surface area contributed by atoms with Crippen molar-refractivity contribution in [2.24, 2.45) is 0 Å². The van der Waals surface area contributed by atoms with Crippen LogP contribution in [0.15, 0.2) is 24.3 Å². The molecule has 0 aliphatic carbocycles. The third-order valence-corrected chi connectivity index (χ3v) is 4.66. The van der Waals surface area contributed by atoms with Gasteiger partial charge in [0, 0.05) is 33.3 Å². The molecule has 1 aliphatic heterocycles. The van der Waals surface area contributed by atoms with E-state index in [1.165, 1.54) is 13.2 Å². The maximum absolute atomic E-state index is 13.8. The van der Waals surface area contributed by atoms with Crippen molar-refractivity contribution in [3.63, 3.8) is 0 Å². The molecule has 6 nitrogen and oxygen atoms in total. The molecule has 0 fully saturated rings. The predicted octanol–water partition coefficient (Wildman–Crippen LogP) is 2.00. The van der Waals surface area contributed by atoms with Crippen LogP contribution in [0.2, 0.25) is 0 Å². The molecule has 1 aliphatic rings. The Morgan fingerprint density at radius 1 is 1.38 bits per heavy atom. The number of hydrogen-bond donors (Lipinski definition) is 1. The van der Waals surface area contributed by atoms with Crippen LogP contribution in [0.25, 0.3) is 0 Å². The fourth-order valence-corrected chi connectivity index (χ4v) is 3.25. The van der Waals surface area contributed by atoms with Crippen LogP contribution in [0.1, 0.15) is 28.9 Å². The summed E-state index contributed by atoms with van der Waals surface area (Å²) < 4.78 is 20.6. The first-order chi connectivity index (χ1) is 12.6. The molecule has 0 unspecified atom stereocenters. The van der Waals surface area contributed by atoms with Gasteiger partial charge in [0.1, 0.15) is 12.4 Å². The monoisotopic (exact) mass is 360 g/mol. The topological polar surface area (TPSA) is 59.4 Å². The number of nitrogens with one attached hydrogen (secondary N) is 1. The van der Waals surface area contributed by atoms with E-state index in [9.17, 15) is 9.18 Å². The van der Waals surface area contributed by atoms with Gasteiger partial charge < -0.3 is 10.1 Å². The minimum Gasteiger partial charge on any atom is -0.375 e. The van der Waals surface area contributed by atoms with E-state index in [4.69, 9.17) is 4.74 Å². The van der Waals surface area contributed by atoms with Gasteiger partial charge in [-0.05, 0) is 36.6 Å². The average molecular weight is 360 g/mol. The molecule has 1 aromatic heterocycles. The van der Waals surface area contributed by atoms with Crippen LogP contribution in [0, 0.1) is 12.7 Å². The number of methoxy groups -OCH3 is 1. The number of carbonyl (C=O) groups excluding carboxylic acids is 1. The summed E-state index contributed by atoms with van der Waals surface area (Å²) in [7, 11) is 1.49. The van der Waals surface area contributed by atoms with Crippen molar-refractivity contribution >= 4 is 5.91 Å². The predicted molar refractivity (Wildman–Crippen MR) is 95.8 cm³/mol. The molecule has 7 heteroatoms. The maximum Gasteiger partial charge on any atom is 0.246 e. The van der Waals surface area contributed by atoms with Gasteiger partial charge in [-0.25, -0.2) is 4.39 Å². The third-order valence-electron chi connectivity index (χ3n) is 4.66. The second kappa shape index (κ2) is 8.42. The van der Waals surface area contributed by atoms with Crippen LogP contribution in [-0.2, 0) is 35.7 Å². The summed E-state index contributed by atoms with van der Waals surface area (Å²) in [5.41, 5.74) is 3.69. The molecule has 0 bridgehead atoms. The molecule has 1 N–H and O–H groups in total. The van der Waals surface area contributed by atoms with Crippen molar-refractivity contribution in [1.29, 1.82) is 0 Å². The molecular formula is C19H25FN4O2. The molecule has 1 aromatic carbocycles. The zero-order chi connectivity index (χ0) is 18.5. The number of benzene rings is 1. The standard InChI is InChI=1S/C19H25FN4O2/c1-14-15(5-3-6-18(14)20)11-23-7-4-8-24-17(12-23)9-16(22-24)10-21-19(25)13-26-2/h3,5-6,9H,4,7-8,10-13H2,1-2H3,(H,21,25). The highest BCUT2D eigenvalue weighted by atomic mass is 19.1. The van der Waals surface area contributed by atoms with E-state index in [0.29, 0.717) is 18.7 Å². The molecule has 0 saturated heterocycles. The summed E-state index contributed by atoms with van der Waals surface area (Å²) in [4.78, 5) is 13.8. The Kier molecular flexibility index (Phi) is 6.00. The number of fused-ring (bicyclic) bond motifs is 1. The van der Waals surface area contributed by atoms with Crippen LogP contribution < -0.4 is 5.32 Å². The van der Waals surface area contributed by atoms with Crippen LogP contribution >= 0.6 is 0 Å². The summed E-state index contributed by atoms with van der Waals surface area (Å²) in [5.74, 6) is -0.310. The SMILES string of the molecule is COCC(=O)NCc1cc2n(n1)CCCN(Cc1cccc(F)c1C)C2. The zero-order valence-electron chi connectivity index (χ0n) is 15.3. The molecular weight excluding hydrogens is 335 g/mol. The van der Waals surface area contributed by atoms with Gasteiger partial charge in [-0.2, -0.15) is 5.10 Å². The summed E-state index contributed by atoms with van der Waals surface area (Å²) >= 11 is 0. The Bertz CT molecular complexity index is 775. The number of rotatable bonds is 6. The molecule has 140 valence electrons. The first-order valence-electron chi connectivity index (χ1n) is 8.84. The number of amides is 1. The number of carbonyl (C=O) groups is 1. The molecule has 26 heavy (non-hydrogen) atoms. The molecule has 0 radical (unpaired) electrons. The lowest BCUT2D eigenvalue weighted by molar-refractivity contribution is -0.124. The second-order valence-corrected chi connectivity index (χ2v) is 6.65. The van der Waals surface area contributed by atoms with Gasteiger partial charge in [0.15, 0.2) is 0 Å². The lowest BCUT2D eigenvalue weighted by atomic mass is 10.1. The van der Waals surface area contributed by atoms with Crippen molar-refractivity contribution in [2.45, 2.75) is 39.5 Å². The zero-order valence-corrected chi connectivity index (χ0v) is 15.3. The molecule has 2 heterocycles. The highest BCUT2D eigenvalue weighted by Crippen LogP contribution is 2.19. The Hall–Kier alpha value is -2.25. The quantitative estimate of drug-likeness (QED) is 0.856. The van der Waals surface area contributed by atoms with Gasteiger partial charge in [0.25, 0.3) is 0 Å². The van der Waals surface area contributed by atoms with Crippen molar-refractivity contribution in [2.75, 3.05) is 20.3 Å². The van der Waals surface area contributed by atoms with E-state index in [1.807, 2.05) is 23.7 Å². The first kappa shape index (κ1) is 18.5. The van der Waals surface area contributed by atoms with E-state index in [2.05, 4.69) is 15.3 Å². The van der Waals surface area contributed by atoms with Gasteiger partial charge in [0.2, 0.25) is 5.91 Å². The lowest BCUT2D eigenvalue weighted by Gasteiger charge is -2.20. The summed E-state index contributed by atoms with van der Waals surface area (Å²) in [5, 5.41) is 7.38. The van der Waals surface area contributed by atoms with E-state index >= 15 is 0 Å². The van der Waals surface area contributed by atoms with E-state index in [1.54, 1.807) is 6.07 Å². The first-order valence-corrected chi connectivity index (χ1v) is 8.84. The van der Waals surface area contributed by atoms with Gasteiger partial charge in [0.05, 0.1) is 17.9 Å². The summed E-state index contributed by atoms with van der Waals surface area (Å²) in [6.45, 7) is 5.54. The molecule has 0 atom stereocenters. The summed E-state index contributed by atoms with van der Waals surface area (Å²) in [6.07, 6.45) is 0.985. The van der Waals surface area contributed by atoms with Crippen LogP contribution in [0.4, 0.5) is 4.39 Å². The third kappa shape index (κ3) is 4.47. The number of aryl methyl sites for hydroxylation is 1. The highest BCUT2D eigenvalue weighted by Gasteiger charge is 2.18. The number of nitrogens with zero attached hydrogens (tertiary/aromatic N) is 3. The number of hydrogen-bond acceptors (Lipinski definition) is 4. The van der Waals surface area contributed by atoms with E-state index in [-0.39, 0.29) is 18.3 Å². The van der Waals surface area contributed by atoms with Gasteiger partial charge in [-0.3, -0.25) is 14.4 Å². The highest BCUT2D eigenvalue weighted by molar-refractivity contribution is 5.77. The minimum atomic E-state index is -0.156. The smallest absolute Gasteiger partial charge is 0.246 e. The molecule has 0 saturated carbocycles. The van der Waals surface area contributed by atoms with Gasteiger partial charge in [-0.1, -0.05) is 12.1 Å². The van der Waals surface area contributed by atoms with Crippen molar-refractivity contribution in [3.05, 3.63) is 52.6 Å². The fraction of sp³-hybridized carbons (Fsp3) is 0.474. The average Bonchev–Trinajstić information content (AvgIpc) is 2.89. The van der Waals surface area contributed by atoms with Gasteiger partial charge in [-0.15, -0.1) is 0 Å². The Morgan fingerprint density at radius 2 is 2.23 bits per heavy atom. The molecule has 0 spiro atoms. The number of halogens is 1. The second-order valence-electron chi connectivity index (χ2n) is 6.65. The fourth-order valence-electron chi connectivity index (χ4n) is 3.25. The maximum atomic E-state index is 13.8. The lowest BCUT2D eigenvalue weighted by Crippen LogP contribution is -2.26. The minimum absolute atomic E-state index is 0.0499. The van der Waals surface area contributed by atoms with Crippen LogP contribution in [0.3, 0.4) is 0 Å². The number of ether oxygens (including phenoxy) is 1. The summed E-state index contributed by atoms with van der Waals surface area (Å²) in [6, 6.07) is 7.28. The Morgan fingerprint density at radius 3 is 3.04 bits per heavy atom. The van der Waals surface area contributed by atoms with Gasteiger partial charge >= 0.3 is 0 Å². The largest absolute Gasteiger partial charge is 0.375 e. The number of aromatic nitrogens is 2. The normalized spacial score (nSPS) is 14.7. The van der Waals surface area contributed by atoms with Crippen LogP contribution in [-0.4, -0.2) is 40.8 Å². The Labute approximate surface area is 152 Å². The van der Waals surface area contributed by atoms with E-state index < -0.39 is 0 Å². The molecule has 2 aromatic rings.